The van der Waals surface area contributed by atoms with Crippen LogP contribution in [0.5, 0.6) is 0 Å². The fourth-order valence-electron chi connectivity index (χ4n) is 4.01. The monoisotopic (exact) mass is 357 g/mol. The quantitative estimate of drug-likeness (QED) is 0.596. The molecule has 4 aromatic rings. The van der Waals surface area contributed by atoms with Crippen LogP contribution in [-0.2, 0) is 4.79 Å². The lowest BCUT2D eigenvalue weighted by Crippen LogP contribution is -2.25. The Morgan fingerprint density at radius 1 is 1.07 bits per heavy atom. The molecule has 0 aliphatic carbocycles. The summed E-state index contributed by atoms with van der Waals surface area (Å²) in [7, 11) is 0. The van der Waals surface area contributed by atoms with Crippen molar-refractivity contribution in [3.63, 3.8) is 0 Å². The average molecular weight is 357 g/mol. The van der Waals surface area contributed by atoms with Crippen LogP contribution in [-0.4, -0.2) is 25.1 Å². The number of hydrogen-bond donors (Lipinski definition) is 1. The fraction of sp³-hybridized carbons (Fsp3) is 0.190. The second-order valence-corrected chi connectivity index (χ2v) is 6.90. The van der Waals surface area contributed by atoms with Crippen molar-refractivity contribution in [2.75, 3.05) is 5.32 Å². The number of carbonyl (C=O) groups excluding carboxylic acids is 1. The van der Waals surface area contributed by atoms with Gasteiger partial charge < -0.3 is 9.72 Å². The van der Waals surface area contributed by atoms with Crippen LogP contribution in [0.3, 0.4) is 0 Å². The molecule has 27 heavy (non-hydrogen) atoms. The summed E-state index contributed by atoms with van der Waals surface area (Å²) in [6, 6.07) is 15.9. The van der Waals surface area contributed by atoms with Crippen LogP contribution in [0.25, 0.3) is 11.2 Å². The second-order valence-electron chi connectivity index (χ2n) is 6.90. The molecule has 1 N–H and O–H groups in total. The number of amides is 1. The molecule has 0 radical (unpaired) electrons. The lowest BCUT2D eigenvalue weighted by Gasteiger charge is -2.23. The molecule has 0 unspecified atom stereocenters. The maximum atomic E-state index is 12.6. The Kier molecular flexibility index (Phi) is 3.40. The van der Waals surface area contributed by atoms with Crippen molar-refractivity contribution in [2.24, 2.45) is 0 Å². The largest absolute Gasteiger partial charge is 0.310 e. The zero-order valence-electron chi connectivity index (χ0n) is 15.2. The standard InChI is InChI=1S/C21H19N5O/c1-13-19-16(20-17-10-6-7-11-25(17)14(2)22-20)12-18(27)23-21(19)26(24-13)15-8-4-3-5-9-15/h3-11,16H,12H2,1-2H3,(H,23,27)/t16-/m1/s1. The van der Waals surface area contributed by atoms with Gasteiger partial charge in [-0.15, -0.1) is 0 Å². The van der Waals surface area contributed by atoms with Crippen molar-refractivity contribution in [3.05, 3.63) is 77.5 Å². The molecule has 1 aromatic carbocycles. The van der Waals surface area contributed by atoms with Gasteiger partial charge in [0.05, 0.1) is 22.6 Å². The number of aromatic nitrogens is 4. The van der Waals surface area contributed by atoms with Crippen LogP contribution in [0.4, 0.5) is 5.82 Å². The average Bonchev–Trinajstić information content (AvgIpc) is 3.20. The number of nitrogens with zero attached hydrogens (tertiary/aromatic N) is 4. The number of nitrogens with one attached hydrogen (secondary N) is 1. The van der Waals surface area contributed by atoms with Gasteiger partial charge in [-0.3, -0.25) is 4.79 Å². The first-order chi connectivity index (χ1) is 13.1. The number of benzene rings is 1. The maximum Gasteiger partial charge on any atom is 0.226 e. The Bertz CT molecular complexity index is 1170. The minimum atomic E-state index is -0.114. The summed E-state index contributed by atoms with van der Waals surface area (Å²) in [5.74, 6) is 1.53. The molecule has 1 aliphatic rings. The highest BCUT2D eigenvalue weighted by atomic mass is 16.1. The molecule has 0 fully saturated rings. The van der Waals surface area contributed by atoms with E-state index < -0.39 is 0 Å². The summed E-state index contributed by atoms with van der Waals surface area (Å²) in [5, 5.41) is 7.76. The summed E-state index contributed by atoms with van der Waals surface area (Å²) in [6.07, 6.45) is 2.38. The molecule has 5 rings (SSSR count). The maximum absolute atomic E-state index is 12.6. The number of carbonyl (C=O) groups is 1. The van der Waals surface area contributed by atoms with Gasteiger partial charge in [-0.25, -0.2) is 9.67 Å². The Hall–Kier alpha value is -3.41. The van der Waals surface area contributed by atoms with Gasteiger partial charge in [-0.05, 0) is 38.1 Å². The molecule has 0 spiro atoms. The van der Waals surface area contributed by atoms with Crippen LogP contribution >= 0.6 is 0 Å². The summed E-state index contributed by atoms with van der Waals surface area (Å²) in [4.78, 5) is 17.4. The van der Waals surface area contributed by atoms with Crippen LogP contribution in [0.1, 0.15) is 35.1 Å². The van der Waals surface area contributed by atoms with Crippen molar-refractivity contribution in [2.45, 2.75) is 26.2 Å². The van der Waals surface area contributed by atoms with Crippen LogP contribution in [0.2, 0.25) is 0 Å². The predicted octanol–water partition coefficient (Wildman–Crippen LogP) is 3.61. The molecule has 1 amide bonds. The van der Waals surface area contributed by atoms with E-state index in [0.717, 1.165) is 39.8 Å². The number of rotatable bonds is 2. The van der Waals surface area contributed by atoms with Gasteiger partial charge in [-0.2, -0.15) is 5.10 Å². The van der Waals surface area contributed by atoms with E-state index in [9.17, 15) is 4.79 Å². The number of hydrogen-bond acceptors (Lipinski definition) is 3. The van der Waals surface area contributed by atoms with Crippen molar-refractivity contribution in [1.29, 1.82) is 0 Å². The molecular formula is C21H19N5O. The molecular weight excluding hydrogens is 338 g/mol. The van der Waals surface area contributed by atoms with Gasteiger partial charge in [0.25, 0.3) is 0 Å². The van der Waals surface area contributed by atoms with Gasteiger partial charge >= 0.3 is 0 Å². The van der Waals surface area contributed by atoms with E-state index in [1.807, 2.05) is 67.2 Å². The third kappa shape index (κ3) is 2.37. The van der Waals surface area contributed by atoms with Crippen molar-refractivity contribution in [1.82, 2.24) is 19.2 Å². The molecule has 0 saturated carbocycles. The number of anilines is 1. The van der Waals surface area contributed by atoms with Crippen molar-refractivity contribution >= 4 is 17.2 Å². The Morgan fingerprint density at radius 2 is 1.85 bits per heavy atom. The topological polar surface area (TPSA) is 64.2 Å². The lowest BCUT2D eigenvalue weighted by atomic mass is 9.88. The van der Waals surface area contributed by atoms with Crippen LogP contribution in [0, 0.1) is 13.8 Å². The van der Waals surface area contributed by atoms with E-state index >= 15 is 0 Å². The Morgan fingerprint density at radius 3 is 2.67 bits per heavy atom. The highest BCUT2D eigenvalue weighted by molar-refractivity contribution is 5.95. The molecule has 1 atom stereocenters. The second kappa shape index (κ2) is 5.81. The SMILES string of the molecule is Cc1nn(-c2ccccc2)c2c1[C@H](c1nc(C)n3ccccc13)CC(=O)N2. The number of para-hydroxylation sites is 1. The molecule has 6 heteroatoms. The van der Waals surface area contributed by atoms with Crippen LogP contribution < -0.4 is 5.32 Å². The Labute approximate surface area is 156 Å². The fourth-order valence-corrected chi connectivity index (χ4v) is 4.01. The van der Waals surface area contributed by atoms with E-state index in [2.05, 4.69) is 15.8 Å². The van der Waals surface area contributed by atoms with Crippen molar-refractivity contribution in [3.8, 4) is 5.69 Å². The normalized spacial score (nSPS) is 16.4. The zero-order chi connectivity index (χ0) is 18.5. The number of imidazole rings is 1. The summed E-state index contributed by atoms with van der Waals surface area (Å²) >= 11 is 0. The predicted molar refractivity (Wildman–Crippen MR) is 103 cm³/mol. The van der Waals surface area contributed by atoms with E-state index in [1.165, 1.54) is 0 Å². The van der Waals surface area contributed by atoms with E-state index in [4.69, 9.17) is 10.1 Å². The van der Waals surface area contributed by atoms with Gasteiger partial charge in [0.2, 0.25) is 5.91 Å². The van der Waals surface area contributed by atoms with Gasteiger partial charge in [0.1, 0.15) is 11.6 Å². The third-order valence-electron chi connectivity index (χ3n) is 5.19. The minimum Gasteiger partial charge on any atom is -0.310 e. The zero-order valence-corrected chi connectivity index (χ0v) is 15.2. The van der Waals surface area contributed by atoms with Gasteiger partial charge in [-0.1, -0.05) is 24.3 Å². The Balaban J connectivity index is 1.74. The molecule has 1 aliphatic heterocycles. The number of fused-ring (bicyclic) bond motifs is 2. The summed E-state index contributed by atoms with van der Waals surface area (Å²) in [5.41, 5.74) is 4.84. The molecule has 6 nitrogen and oxygen atoms in total. The molecule has 134 valence electrons. The third-order valence-corrected chi connectivity index (χ3v) is 5.19. The molecule has 0 bridgehead atoms. The molecule has 0 saturated heterocycles. The first-order valence-electron chi connectivity index (χ1n) is 9.02. The van der Waals surface area contributed by atoms with Gasteiger partial charge in [0, 0.05) is 24.1 Å². The van der Waals surface area contributed by atoms with E-state index in [0.29, 0.717) is 6.42 Å². The van der Waals surface area contributed by atoms with Crippen molar-refractivity contribution < 1.29 is 4.79 Å². The van der Waals surface area contributed by atoms with Crippen LogP contribution in [0.15, 0.2) is 54.7 Å². The van der Waals surface area contributed by atoms with Gasteiger partial charge in [0.15, 0.2) is 0 Å². The summed E-state index contributed by atoms with van der Waals surface area (Å²) in [6.45, 7) is 3.98. The molecule has 3 aromatic heterocycles. The smallest absolute Gasteiger partial charge is 0.226 e. The van der Waals surface area contributed by atoms with E-state index in [-0.39, 0.29) is 11.8 Å². The lowest BCUT2D eigenvalue weighted by molar-refractivity contribution is -0.116. The number of pyridine rings is 1. The first kappa shape index (κ1) is 15.8. The van der Waals surface area contributed by atoms with E-state index in [1.54, 1.807) is 0 Å². The summed E-state index contributed by atoms with van der Waals surface area (Å²) < 4.78 is 3.89. The minimum absolute atomic E-state index is 0.0145. The highest BCUT2D eigenvalue weighted by Gasteiger charge is 2.35. The highest BCUT2D eigenvalue weighted by Crippen LogP contribution is 2.41. The number of aryl methyl sites for hydroxylation is 2. The molecule has 4 heterocycles. The first-order valence-corrected chi connectivity index (χ1v) is 9.02.